The molecule has 0 unspecified atom stereocenters. The highest BCUT2D eigenvalue weighted by molar-refractivity contribution is 14.1. The number of benzene rings is 3. The number of hydrogen-bond donors (Lipinski definition) is 1. The van der Waals surface area contributed by atoms with Crippen molar-refractivity contribution in [2.75, 3.05) is 6.61 Å². The maximum Gasteiger partial charge on any atom is 0.271 e. The largest absolute Gasteiger partial charge is 0.490 e. The van der Waals surface area contributed by atoms with Crippen molar-refractivity contribution in [3.63, 3.8) is 0 Å². The summed E-state index contributed by atoms with van der Waals surface area (Å²) in [4.78, 5) is 12.3. The highest BCUT2D eigenvalue weighted by Crippen LogP contribution is 2.29. The zero-order chi connectivity index (χ0) is 21.3. The molecule has 0 atom stereocenters. The number of halogens is 1. The van der Waals surface area contributed by atoms with Gasteiger partial charge < -0.3 is 9.47 Å². The zero-order valence-electron chi connectivity index (χ0n) is 16.9. The van der Waals surface area contributed by atoms with Gasteiger partial charge in [-0.2, -0.15) is 5.10 Å². The van der Waals surface area contributed by atoms with Gasteiger partial charge in [-0.1, -0.05) is 30.3 Å². The third-order valence-corrected chi connectivity index (χ3v) is 5.06. The summed E-state index contributed by atoms with van der Waals surface area (Å²) in [6.07, 6.45) is 1.58. The molecule has 0 saturated carbocycles. The Labute approximate surface area is 190 Å². The Hall–Kier alpha value is -2.87. The van der Waals surface area contributed by atoms with Gasteiger partial charge >= 0.3 is 0 Å². The van der Waals surface area contributed by atoms with Crippen LogP contribution in [0.25, 0.3) is 0 Å². The minimum Gasteiger partial charge on any atom is -0.490 e. The van der Waals surface area contributed by atoms with Crippen molar-refractivity contribution in [3.8, 4) is 11.5 Å². The first-order valence-corrected chi connectivity index (χ1v) is 10.7. The molecule has 3 aromatic rings. The number of carbonyl (C=O) groups excluding carboxylic acids is 1. The number of nitrogens with zero attached hydrogens (tertiary/aromatic N) is 1. The van der Waals surface area contributed by atoms with E-state index < -0.39 is 0 Å². The molecule has 1 amide bonds. The van der Waals surface area contributed by atoms with E-state index in [1.165, 1.54) is 3.57 Å². The minimum absolute atomic E-state index is 0.244. The first-order valence-electron chi connectivity index (χ1n) is 9.60. The topological polar surface area (TPSA) is 59.9 Å². The van der Waals surface area contributed by atoms with Crippen LogP contribution in [0, 0.1) is 10.5 Å². The molecule has 0 aliphatic carbocycles. The molecule has 154 valence electrons. The molecule has 0 radical (unpaired) electrons. The van der Waals surface area contributed by atoms with Crippen molar-refractivity contribution < 1.29 is 14.3 Å². The SMILES string of the molecule is CCOc1cc(/C=N/NC(=O)c2ccccc2C)ccc1OCc1ccc(I)cc1. The average Bonchev–Trinajstić information content (AvgIpc) is 2.75. The fraction of sp³-hybridized carbons (Fsp3) is 0.167. The second-order valence-electron chi connectivity index (χ2n) is 6.57. The normalized spacial score (nSPS) is 10.8. The third kappa shape index (κ3) is 6.06. The van der Waals surface area contributed by atoms with E-state index in [1.54, 1.807) is 12.3 Å². The molecule has 3 rings (SSSR count). The number of rotatable bonds is 8. The molecule has 3 aromatic carbocycles. The lowest BCUT2D eigenvalue weighted by Crippen LogP contribution is -2.18. The summed E-state index contributed by atoms with van der Waals surface area (Å²) < 4.78 is 12.8. The third-order valence-electron chi connectivity index (χ3n) is 4.34. The van der Waals surface area contributed by atoms with E-state index in [-0.39, 0.29) is 5.91 Å². The van der Waals surface area contributed by atoms with Crippen molar-refractivity contribution in [1.82, 2.24) is 5.43 Å². The maximum absolute atomic E-state index is 12.3. The fourth-order valence-electron chi connectivity index (χ4n) is 2.79. The van der Waals surface area contributed by atoms with E-state index in [1.807, 2.05) is 74.5 Å². The van der Waals surface area contributed by atoms with Gasteiger partial charge in [-0.3, -0.25) is 4.79 Å². The van der Waals surface area contributed by atoms with Gasteiger partial charge in [-0.05, 0) is 89.5 Å². The Morgan fingerprint density at radius 2 is 1.80 bits per heavy atom. The number of amides is 1. The molecule has 0 fully saturated rings. The summed E-state index contributed by atoms with van der Waals surface area (Å²) in [7, 11) is 0. The number of ether oxygens (including phenoxy) is 2. The lowest BCUT2D eigenvalue weighted by Gasteiger charge is -2.12. The van der Waals surface area contributed by atoms with Crippen LogP contribution in [0.2, 0.25) is 0 Å². The molecule has 6 heteroatoms. The van der Waals surface area contributed by atoms with Crippen LogP contribution in [-0.2, 0) is 6.61 Å². The molecule has 0 spiro atoms. The van der Waals surface area contributed by atoms with E-state index in [0.29, 0.717) is 30.3 Å². The number of nitrogens with one attached hydrogen (secondary N) is 1. The Bertz CT molecular complexity index is 1030. The predicted octanol–water partition coefficient (Wildman–Crippen LogP) is 5.34. The highest BCUT2D eigenvalue weighted by Gasteiger charge is 2.08. The summed E-state index contributed by atoms with van der Waals surface area (Å²) in [6.45, 7) is 4.79. The van der Waals surface area contributed by atoms with Gasteiger partial charge in [-0.15, -0.1) is 0 Å². The van der Waals surface area contributed by atoms with Gasteiger partial charge in [0.15, 0.2) is 11.5 Å². The van der Waals surface area contributed by atoms with Crippen LogP contribution in [0.15, 0.2) is 71.8 Å². The van der Waals surface area contributed by atoms with Crippen LogP contribution >= 0.6 is 22.6 Å². The second-order valence-corrected chi connectivity index (χ2v) is 7.81. The van der Waals surface area contributed by atoms with E-state index in [2.05, 4.69) is 33.1 Å². The molecule has 0 aliphatic heterocycles. The van der Waals surface area contributed by atoms with Crippen molar-refractivity contribution in [3.05, 3.63) is 92.6 Å². The highest BCUT2D eigenvalue weighted by atomic mass is 127. The molecule has 0 heterocycles. The predicted molar refractivity (Wildman–Crippen MR) is 127 cm³/mol. The summed E-state index contributed by atoms with van der Waals surface area (Å²) in [5, 5.41) is 4.07. The van der Waals surface area contributed by atoms with E-state index in [9.17, 15) is 4.79 Å². The van der Waals surface area contributed by atoms with Gasteiger partial charge in [0.05, 0.1) is 12.8 Å². The van der Waals surface area contributed by atoms with Gasteiger partial charge in [0, 0.05) is 9.13 Å². The summed E-state index contributed by atoms with van der Waals surface area (Å²) >= 11 is 2.28. The number of aryl methyl sites for hydroxylation is 1. The number of carbonyl (C=O) groups is 1. The van der Waals surface area contributed by atoms with Crippen LogP contribution in [-0.4, -0.2) is 18.7 Å². The zero-order valence-corrected chi connectivity index (χ0v) is 19.0. The Balaban J connectivity index is 1.66. The number of hydrazone groups is 1. The van der Waals surface area contributed by atoms with Gasteiger partial charge in [0.1, 0.15) is 6.61 Å². The van der Waals surface area contributed by atoms with Gasteiger partial charge in [-0.25, -0.2) is 5.43 Å². The molecule has 5 nitrogen and oxygen atoms in total. The van der Waals surface area contributed by atoms with Crippen molar-refractivity contribution in [2.24, 2.45) is 5.10 Å². The van der Waals surface area contributed by atoms with Crippen molar-refractivity contribution in [2.45, 2.75) is 20.5 Å². The second kappa shape index (κ2) is 10.8. The Morgan fingerprint density at radius 3 is 2.53 bits per heavy atom. The van der Waals surface area contributed by atoms with Crippen molar-refractivity contribution >= 4 is 34.7 Å². The molecule has 0 bridgehead atoms. The van der Waals surface area contributed by atoms with Gasteiger partial charge in [0.2, 0.25) is 0 Å². The number of hydrogen-bond acceptors (Lipinski definition) is 4. The summed E-state index contributed by atoms with van der Waals surface area (Å²) in [6, 6.07) is 21.1. The molecular weight excluding hydrogens is 491 g/mol. The summed E-state index contributed by atoms with van der Waals surface area (Å²) in [5.74, 6) is 1.06. The molecular formula is C24H23IN2O3. The molecule has 1 N–H and O–H groups in total. The first kappa shape index (κ1) is 21.8. The Kier molecular flexibility index (Phi) is 7.84. The molecule has 0 saturated heterocycles. The minimum atomic E-state index is -0.244. The molecule has 30 heavy (non-hydrogen) atoms. The average molecular weight is 514 g/mol. The van der Waals surface area contributed by atoms with E-state index in [0.717, 1.165) is 16.7 Å². The van der Waals surface area contributed by atoms with E-state index in [4.69, 9.17) is 9.47 Å². The first-order chi connectivity index (χ1) is 14.6. The Morgan fingerprint density at radius 1 is 1.03 bits per heavy atom. The monoisotopic (exact) mass is 514 g/mol. The van der Waals surface area contributed by atoms with Gasteiger partial charge in [0.25, 0.3) is 5.91 Å². The van der Waals surface area contributed by atoms with Crippen molar-refractivity contribution in [1.29, 1.82) is 0 Å². The molecule has 0 aliphatic rings. The molecule has 0 aromatic heterocycles. The van der Waals surface area contributed by atoms with E-state index >= 15 is 0 Å². The summed E-state index contributed by atoms with van der Waals surface area (Å²) in [5.41, 5.74) is 5.95. The van der Waals surface area contributed by atoms with Crippen LogP contribution in [0.5, 0.6) is 11.5 Å². The van der Waals surface area contributed by atoms with Crippen LogP contribution < -0.4 is 14.9 Å². The smallest absolute Gasteiger partial charge is 0.271 e. The lowest BCUT2D eigenvalue weighted by molar-refractivity contribution is 0.0954. The van der Waals surface area contributed by atoms with Crippen LogP contribution in [0.3, 0.4) is 0 Å². The fourth-order valence-corrected chi connectivity index (χ4v) is 3.15. The lowest BCUT2D eigenvalue weighted by atomic mass is 10.1. The quantitative estimate of drug-likeness (QED) is 0.251. The maximum atomic E-state index is 12.3. The van der Waals surface area contributed by atoms with Crippen LogP contribution in [0.1, 0.15) is 34.0 Å². The van der Waals surface area contributed by atoms with Crippen LogP contribution in [0.4, 0.5) is 0 Å². The standard InChI is InChI=1S/C24H23IN2O3/c1-3-29-23-14-19(15-26-27-24(28)21-7-5-4-6-17(21)2)10-13-22(23)30-16-18-8-11-20(25)12-9-18/h4-15H,3,16H2,1-2H3,(H,27,28)/b26-15+.